The number of hydrogen-bond acceptors (Lipinski definition) is 4. The van der Waals surface area contributed by atoms with Gasteiger partial charge in [-0.25, -0.2) is 0 Å². The Balaban J connectivity index is 2.53. The molecule has 80 valence electrons. The normalized spacial score (nSPS) is 11.1. The molecule has 2 rings (SSSR count). The Kier molecular flexibility index (Phi) is 2.94. The molecule has 1 aromatic carbocycles. The van der Waals surface area contributed by atoms with Gasteiger partial charge in [0.05, 0.1) is 0 Å². The third kappa shape index (κ3) is 1.84. The highest BCUT2D eigenvalue weighted by Crippen LogP contribution is 2.19. The van der Waals surface area contributed by atoms with E-state index < -0.39 is 0 Å². The standard InChI is InChI=1S/C10H14N4O/c11-5-3-8-7(4-6-15)1-2-9-10(8)13-14-12-9/h1-2,15H,3-6,11H2,(H,12,13,14). The number of rotatable bonds is 4. The Morgan fingerprint density at radius 2 is 2.13 bits per heavy atom. The van der Waals surface area contributed by atoms with Gasteiger partial charge in [-0.15, -0.1) is 0 Å². The molecular weight excluding hydrogens is 192 g/mol. The summed E-state index contributed by atoms with van der Waals surface area (Å²) in [6.45, 7) is 0.714. The Morgan fingerprint density at radius 1 is 1.27 bits per heavy atom. The number of aromatic amines is 1. The summed E-state index contributed by atoms with van der Waals surface area (Å²) >= 11 is 0. The summed E-state index contributed by atoms with van der Waals surface area (Å²) in [7, 11) is 0. The monoisotopic (exact) mass is 206 g/mol. The van der Waals surface area contributed by atoms with Crippen LogP contribution in [0.2, 0.25) is 0 Å². The van der Waals surface area contributed by atoms with Gasteiger partial charge in [-0.3, -0.25) is 0 Å². The SMILES string of the molecule is NCCc1c(CCO)ccc2n[nH]nc12. The molecule has 0 aliphatic heterocycles. The molecule has 0 unspecified atom stereocenters. The molecule has 0 bridgehead atoms. The summed E-state index contributed by atoms with van der Waals surface area (Å²) < 4.78 is 0. The number of aliphatic hydroxyl groups excluding tert-OH is 1. The van der Waals surface area contributed by atoms with E-state index in [-0.39, 0.29) is 6.61 Å². The van der Waals surface area contributed by atoms with Crippen LogP contribution in [-0.4, -0.2) is 33.7 Å². The summed E-state index contributed by atoms with van der Waals surface area (Å²) in [5.41, 5.74) is 9.48. The predicted octanol–water partition coefficient (Wildman–Crippen LogP) is -0.00610. The first-order chi connectivity index (χ1) is 7.36. The Morgan fingerprint density at radius 3 is 2.87 bits per heavy atom. The number of hydrogen-bond donors (Lipinski definition) is 3. The van der Waals surface area contributed by atoms with E-state index in [2.05, 4.69) is 15.4 Å². The molecule has 1 aromatic heterocycles. The lowest BCUT2D eigenvalue weighted by Crippen LogP contribution is -2.07. The van der Waals surface area contributed by atoms with Gasteiger partial charge in [0.15, 0.2) is 0 Å². The Hall–Kier alpha value is -1.46. The molecule has 1 heterocycles. The first kappa shape index (κ1) is 10.1. The van der Waals surface area contributed by atoms with Crippen molar-refractivity contribution in [3.63, 3.8) is 0 Å². The van der Waals surface area contributed by atoms with Crippen LogP contribution in [0.25, 0.3) is 11.0 Å². The van der Waals surface area contributed by atoms with Gasteiger partial charge in [-0.2, -0.15) is 15.4 Å². The van der Waals surface area contributed by atoms with Crippen molar-refractivity contribution < 1.29 is 5.11 Å². The van der Waals surface area contributed by atoms with Crippen LogP contribution in [0, 0.1) is 0 Å². The van der Waals surface area contributed by atoms with Crippen molar-refractivity contribution in [2.24, 2.45) is 5.73 Å². The molecule has 0 aliphatic carbocycles. The van der Waals surface area contributed by atoms with Crippen LogP contribution in [0.1, 0.15) is 11.1 Å². The molecule has 0 spiro atoms. The average molecular weight is 206 g/mol. The summed E-state index contributed by atoms with van der Waals surface area (Å²) in [5.74, 6) is 0. The highest BCUT2D eigenvalue weighted by atomic mass is 16.2. The maximum Gasteiger partial charge on any atom is 0.116 e. The molecule has 5 nitrogen and oxygen atoms in total. The van der Waals surface area contributed by atoms with Gasteiger partial charge in [0.1, 0.15) is 11.0 Å². The number of benzene rings is 1. The molecular formula is C10H14N4O. The lowest BCUT2D eigenvalue weighted by Gasteiger charge is -2.07. The molecule has 15 heavy (non-hydrogen) atoms. The summed E-state index contributed by atoms with van der Waals surface area (Å²) in [6, 6.07) is 3.88. The van der Waals surface area contributed by atoms with Gasteiger partial charge in [0.25, 0.3) is 0 Å². The van der Waals surface area contributed by atoms with Crippen molar-refractivity contribution in [2.75, 3.05) is 13.2 Å². The Bertz CT molecular complexity index is 452. The largest absolute Gasteiger partial charge is 0.396 e. The van der Waals surface area contributed by atoms with Crippen LogP contribution in [0.15, 0.2) is 12.1 Å². The van der Waals surface area contributed by atoms with E-state index in [1.807, 2.05) is 12.1 Å². The number of nitrogens with one attached hydrogen (secondary N) is 1. The van der Waals surface area contributed by atoms with Crippen LogP contribution in [0.5, 0.6) is 0 Å². The molecule has 0 saturated heterocycles. The van der Waals surface area contributed by atoms with Crippen molar-refractivity contribution >= 4 is 11.0 Å². The van der Waals surface area contributed by atoms with Crippen molar-refractivity contribution in [3.05, 3.63) is 23.3 Å². The zero-order valence-corrected chi connectivity index (χ0v) is 8.40. The van der Waals surface area contributed by atoms with E-state index in [9.17, 15) is 0 Å². The third-order valence-electron chi connectivity index (χ3n) is 2.47. The zero-order chi connectivity index (χ0) is 10.7. The third-order valence-corrected chi connectivity index (χ3v) is 2.47. The summed E-state index contributed by atoms with van der Waals surface area (Å²) in [6.07, 6.45) is 1.40. The zero-order valence-electron chi connectivity index (χ0n) is 8.40. The predicted molar refractivity (Wildman–Crippen MR) is 57.4 cm³/mol. The maximum atomic E-state index is 8.96. The molecule has 0 fully saturated rings. The second-order valence-electron chi connectivity index (χ2n) is 3.41. The topological polar surface area (TPSA) is 87.8 Å². The van der Waals surface area contributed by atoms with E-state index in [1.54, 1.807) is 0 Å². The Labute approximate surface area is 87.3 Å². The minimum Gasteiger partial charge on any atom is -0.396 e. The number of nitrogens with two attached hydrogens (primary N) is 1. The minimum atomic E-state index is 0.140. The highest BCUT2D eigenvalue weighted by molar-refractivity contribution is 5.78. The second kappa shape index (κ2) is 4.37. The molecule has 0 amide bonds. The number of H-pyrrole nitrogens is 1. The van der Waals surface area contributed by atoms with E-state index in [0.717, 1.165) is 28.6 Å². The fraction of sp³-hybridized carbons (Fsp3) is 0.400. The van der Waals surface area contributed by atoms with Crippen molar-refractivity contribution in [2.45, 2.75) is 12.8 Å². The van der Waals surface area contributed by atoms with Crippen molar-refractivity contribution in [1.29, 1.82) is 0 Å². The van der Waals surface area contributed by atoms with Gasteiger partial charge in [-0.05, 0) is 36.6 Å². The molecule has 2 aromatic rings. The number of nitrogens with zero attached hydrogens (tertiary/aromatic N) is 2. The van der Waals surface area contributed by atoms with E-state index in [4.69, 9.17) is 10.8 Å². The quantitative estimate of drug-likeness (QED) is 0.656. The molecule has 0 atom stereocenters. The van der Waals surface area contributed by atoms with Gasteiger partial charge in [-0.1, -0.05) is 6.07 Å². The van der Waals surface area contributed by atoms with Crippen LogP contribution in [0.4, 0.5) is 0 Å². The van der Waals surface area contributed by atoms with Crippen LogP contribution in [0.3, 0.4) is 0 Å². The fourth-order valence-electron chi connectivity index (χ4n) is 1.79. The molecule has 0 radical (unpaired) electrons. The fourth-order valence-corrected chi connectivity index (χ4v) is 1.79. The van der Waals surface area contributed by atoms with Crippen LogP contribution >= 0.6 is 0 Å². The van der Waals surface area contributed by atoms with E-state index in [1.165, 1.54) is 0 Å². The van der Waals surface area contributed by atoms with E-state index in [0.29, 0.717) is 13.0 Å². The van der Waals surface area contributed by atoms with E-state index >= 15 is 0 Å². The van der Waals surface area contributed by atoms with Crippen LogP contribution in [-0.2, 0) is 12.8 Å². The molecule has 4 N–H and O–H groups in total. The second-order valence-corrected chi connectivity index (χ2v) is 3.41. The van der Waals surface area contributed by atoms with Gasteiger partial charge in [0, 0.05) is 6.61 Å². The van der Waals surface area contributed by atoms with Crippen molar-refractivity contribution in [3.8, 4) is 0 Å². The minimum absolute atomic E-state index is 0.140. The van der Waals surface area contributed by atoms with Crippen LogP contribution < -0.4 is 5.73 Å². The highest BCUT2D eigenvalue weighted by Gasteiger charge is 2.09. The van der Waals surface area contributed by atoms with Crippen molar-refractivity contribution in [1.82, 2.24) is 15.4 Å². The number of aliphatic hydroxyl groups is 1. The maximum absolute atomic E-state index is 8.96. The smallest absolute Gasteiger partial charge is 0.116 e. The van der Waals surface area contributed by atoms with Gasteiger partial charge < -0.3 is 10.8 Å². The number of aromatic nitrogens is 3. The first-order valence-corrected chi connectivity index (χ1v) is 4.99. The number of fused-ring (bicyclic) bond motifs is 1. The van der Waals surface area contributed by atoms with Gasteiger partial charge in [0.2, 0.25) is 0 Å². The summed E-state index contributed by atoms with van der Waals surface area (Å²) in [4.78, 5) is 0. The molecule has 0 saturated carbocycles. The molecule has 5 heteroatoms. The lowest BCUT2D eigenvalue weighted by atomic mass is 10.0. The lowest BCUT2D eigenvalue weighted by molar-refractivity contribution is 0.299. The first-order valence-electron chi connectivity index (χ1n) is 4.99. The summed E-state index contributed by atoms with van der Waals surface area (Å²) in [5, 5.41) is 19.7. The van der Waals surface area contributed by atoms with Gasteiger partial charge >= 0.3 is 0 Å². The average Bonchev–Trinajstić information content (AvgIpc) is 2.70. The molecule has 0 aliphatic rings.